The first-order valence-corrected chi connectivity index (χ1v) is 7.09. The zero-order valence-electron chi connectivity index (χ0n) is 12.7. The number of halogens is 6. The van der Waals surface area contributed by atoms with Gasteiger partial charge in [-0.05, 0) is 48.0 Å². The molecule has 4 nitrogen and oxygen atoms in total. The first-order chi connectivity index (χ1) is 12.0. The quantitative estimate of drug-likeness (QED) is 0.728. The molecule has 138 valence electrons. The third-order valence-corrected chi connectivity index (χ3v) is 3.45. The maximum Gasteiger partial charge on any atom is 0.573 e. The molecule has 1 heterocycles. The summed E-state index contributed by atoms with van der Waals surface area (Å²) in [5.41, 5.74) is 0.897. The number of ether oxygens (including phenoxy) is 2. The third kappa shape index (κ3) is 4.01. The van der Waals surface area contributed by atoms with E-state index in [1.807, 2.05) is 0 Å². The molecule has 0 bridgehead atoms. The van der Waals surface area contributed by atoms with E-state index < -0.39 is 30.1 Å². The first-order valence-electron chi connectivity index (χ1n) is 7.09. The number of carbonyl (C=O) groups is 1. The van der Waals surface area contributed by atoms with Gasteiger partial charge in [0.05, 0.1) is 12.1 Å². The maximum atomic E-state index is 12.3. The molecule has 0 radical (unpaired) electrons. The lowest BCUT2D eigenvalue weighted by atomic mass is 10.1. The molecule has 0 aliphatic carbocycles. The number of hydrogen-bond acceptors (Lipinski definition) is 3. The standard InChI is InChI=1S/C16H9F6NO3/c17-15(18,19)25-11-3-1-10(2-4-11)23-13-6-5-12(26-16(20,21)22)7-9(13)8-14(23)24/h1-7H,8H2. The highest BCUT2D eigenvalue weighted by Crippen LogP contribution is 2.39. The van der Waals surface area contributed by atoms with E-state index in [9.17, 15) is 31.1 Å². The Morgan fingerprint density at radius 3 is 1.92 bits per heavy atom. The largest absolute Gasteiger partial charge is 0.573 e. The van der Waals surface area contributed by atoms with E-state index in [0.29, 0.717) is 11.3 Å². The number of hydrogen-bond donors (Lipinski definition) is 0. The molecule has 0 unspecified atom stereocenters. The minimum Gasteiger partial charge on any atom is -0.406 e. The fourth-order valence-corrected chi connectivity index (χ4v) is 2.58. The van der Waals surface area contributed by atoms with Gasteiger partial charge >= 0.3 is 12.7 Å². The van der Waals surface area contributed by atoms with Gasteiger partial charge in [-0.1, -0.05) is 0 Å². The summed E-state index contributed by atoms with van der Waals surface area (Å²) in [6.07, 6.45) is -9.86. The van der Waals surface area contributed by atoms with Crippen molar-refractivity contribution in [2.24, 2.45) is 0 Å². The monoisotopic (exact) mass is 377 g/mol. The van der Waals surface area contributed by atoms with E-state index in [2.05, 4.69) is 9.47 Å². The Morgan fingerprint density at radius 1 is 0.808 bits per heavy atom. The van der Waals surface area contributed by atoms with Gasteiger partial charge in [-0.25, -0.2) is 0 Å². The highest BCUT2D eigenvalue weighted by Gasteiger charge is 2.34. The summed E-state index contributed by atoms with van der Waals surface area (Å²) in [4.78, 5) is 13.4. The van der Waals surface area contributed by atoms with Gasteiger partial charge < -0.3 is 9.47 Å². The van der Waals surface area contributed by atoms with Crippen LogP contribution in [0.4, 0.5) is 37.7 Å². The van der Waals surface area contributed by atoms with Crippen molar-refractivity contribution in [2.75, 3.05) is 4.90 Å². The van der Waals surface area contributed by atoms with Crippen LogP contribution < -0.4 is 14.4 Å². The van der Waals surface area contributed by atoms with Gasteiger partial charge in [0.1, 0.15) is 11.5 Å². The number of benzene rings is 2. The van der Waals surface area contributed by atoms with Gasteiger partial charge in [0, 0.05) is 5.69 Å². The SMILES string of the molecule is O=C1Cc2cc(OC(F)(F)F)ccc2N1c1ccc(OC(F)(F)F)cc1. The second-order valence-corrected chi connectivity index (χ2v) is 5.29. The summed E-state index contributed by atoms with van der Waals surface area (Å²) in [5.74, 6) is -1.35. The van der Waals surface area contributed by atoms with Crippen LogP contribution in [0.5, 0.6) is 11.5 Å². The predicted octanol–water partition coefficient (Wildman–Crippen LogP) is 4.70. The summed E-state index contributed by atoms with van der Waals surface area (Å²) < 4.78 is 80.9. The molecule has 0 fully saturated rings. The average Bonchev–Trinajstić information content (AvgIpc) is 2.80. The van der Waals surface area contributed by atoms with Crippen molar-refractivity contribution >= 4 is 17.3 Å². The first kappa shape index (κ1) is 17.9. The van der Waals surface area contributed by atoms with Crippen molar-refractivity contribution in [3.8, 4) is 11.5 Å². The summed E-state index contributed by atoms with van der Waals surface area (Å²) in [5, 5.41) is 0. The van der Waals surface area contributed by atoms with E-state index in [-0.39, 0.29) is 12.1 Å². The zero-order chi connectivity index (χ0) is 19.1. The third-order valence-electron chi connectivity index (χ3n) is 3.45. The number of rotatable bonds is 3. The summed E-state index contributed by atoms with van der Waals surface area (Å²) in [7, 11) is 0. The maximum absolute atomic E-state index is 12.3. The lowest BCUT2D eigenvalue weighted by Gasteiger charge is -2.18. The Kier molecular flexibility index (Phi) is 4.21. The van der Waals surface area contributed by atoms with Gasteiger partial charge in [-0.3, -0.25) is 9.69 Å². The van der Waals surface area contributed by atoms with Crippen molar-refractivity contribution in [2.45, 2.75) is 19.1 Å². The van der Waals surface area contributed by atoms with Gasteiger partial charge in [0.2, 0.25) is 5.91 Å². The van der Waals surface area contributed by atoms with Crippen LogP contribution in [0.3, 0.4) is 0 Å². The smallest absolute Gasteiger partial charge is 0.406 e. The van der Waals surface area contributed by atoms with E-state index >= 15 is 0 Å². The molecule has 0 atom stereocenters. The van der Waals surface area contributed by atoms with Crippen LogP contribution in [0.25, 0.3) is 0 Å². The fraction of sp³-hybridized carbons (Fsp3) is 0.188. The van der Waals surface area contributed by atoms with Crippen LogP contribution in [0.1, 0.15) is 5.56 Å². The fourth-order valence-electron chi connectivity index (χ4n) is 2.58. The Morgan fingerprint density at radius 2 is 1.35 bits per heavy atom. The highest BCUT2D eigenvalue weighted by molar-refractivity contribution is 6.07. The van der Waals surface area contributed by atoms with Crippen molar-refractivity contribution in [1.82, 2.24) is 0 Å². The molecule has 0 saturated heterocycles. The molecule has 1 aliphatic heterocycles. The van der Waals surface area contributed by atoms with E-state index in [1.165, 1.54) is 23.1 Å². The van der Waals surface area contributed by atoms with Gasteiger partial charge in [0.15, 0.2) is 0 Å². The minimum atomic E-state index is -4.86. The number of carbonyl (C=O) groups excluding carboxylic acids is 1. The Hall–Kier alpha value is -2.91. The number of alkyl halides is 6. The van der Waals surface area contributed by atoms with Crippen molar-refractivity contribution in [3.63, 3.8) is 0 Å². The molecule has 10 heteroatoms. The molecule has 3 rings (SSSR count). The molecule has 26 heavy (non-hydrogen) atoms. The predicted molar refractivity (Wildman–Crippen MR) is 77.1 cm³/mol. The van der Waals surface area contributed by atoms with Gasteiger partial charge in [-0.2, -0.15) is 0 Å². The topological polar surface area (TPSA) is 38.8 Å². The van der Waals surface area contributed by atoms with E-state index in [1.54, 1.807) is 0 Å². The molecule has 2 aromatic rings. The Balaban J connectivity index is 1.86. The molecular weight excluding hydrogens is 368 g/mol. The van der Waals surface area contributed by atoms with Gasteiger partial charge in [0.25, 0.3) is 0 Å². The Labute approximate surface area is 142 Å². The molecule has 1 aliphatic rings. The van der Waals surface area contributed by atoms with Gasteiger partial charge in [-0.15, -0.1) is 26.3 Å². The lowest BCUT2D eigenvalue weighted by Crippen LogP contribution is -2.21. The van der Waals surface area contributed by atoms with E-state index in [4.69, 9.17) is 0 Å². The van der Waals surface area contributed by atoms with Crippen molar-refractivity contribution in [1.29, 1.82) is 0 Å². The number of amides is 1. The number of anilines is 2. The highest BCUT2D eigenvalue weighted by atomic mass is 19.4. The van der Waals surface area contributed by atoms with Crippen LogP contribution in [0, 0.1) is 0 Å². The molecule has 1 amide bonds. The normalized spacial score (nSPS) is 14.4. The van der Waals surface area contributed by atoms with Crippen LogP contribution in [-0.4, -0.2) is 18.6 Å². The molecule has 0 aromatic heterocycles. The average molecular weight is 377 g/mol. The molecule has 0 saturated carbocycles. The number of fused-ring (bicyclic) bond motifs is 1. The van der Waals surface area contributed by atoms with Crippen LogP contribution in [0.2, 0.25) is 0 Å². The van der Waals surface area contributed by atoms with Crippen molar-refractivity contribution in [3.05, 3.63) is 48.0 Å². The number of nitrogens with zero attached hydrogens (tertiary/aromatic N) is 1. The molecule has 2 aromatic carbocycles. The minimum absolute atomic E-state index is 0.162. The summed E-state index contributed by atoms with van der Waals surface area (Å²) in [6.45, 7) is 0. The van der Waals surface area contributed by atoms with Crippen LogP contribution >= 0.6 is 0 Å². The molecule has 0 spiro atoms. The van der Waals surface area contributed by atoms with Crippen molar-refractivity contribution < 1.29 is 40.6 Å². The molecular formula is C16H9F6NO3. The van der Waals surface area contributed by atoms with Crippen LogP contribution in [0.15, 0.2) is 42.5 Å². The second-order valence-electron chi connectivity index (χ2n) is 5.29. The molecule has 0 N–H and O–H groups in total. The van der Waals surface area contributed by atoms with Crippen LogP contribution in [-0.2, 0) is 11.2 Å². The van der Waals surface area contributed by atoms with E-state index in [0.717, 1.165) is 24.3 Å². The zero-order valence-corrected chi connectivity index (χ0v) is 12.7. The summed E-state index contributed by atoms with van der Waals surface area (Å²) >= 11 is 0. The second kappa shape index (κ2) is 6.11. The summed E-state index contributed by atoms with van der Waals surface area (Å²) in [6, 6.07) is 8.00. The lowest BCUT2D eigenvalue weighted by molar-refractivity contribution is -0.275. The Bertz CT molecular complexity index is 829.